The van der Waals surface area contributed by atoms with Gasteiger partial charge in [-0.2, -0.15) is 0 Å². The monoisotopic (exact) mass is 446 g/mol. The third-order valence-corrected chi connectivity index (χ3v) is 5.40. The molecular formula is C28H22N4O2. The lowest BCUT2D eigenvalue weighted by atomic mass is 10.0. The van der Waals surface area contributed by atoms with Crippen LogP contribution >= 0.6 is 0 Å². The Kier molecular flexibility index (Phi) is 5.62. The Balaban J connectivity index is 1.46. The number of anilines is 3. The molecule has 5 aromatic rings. The Hall–Kier alpha value is -4.71. The van der Waals surface area contributed by atoms with Gasteiger partial charge in [0.15, 0.2) is 0 Å². The van der Waals surface area contributed by atoms with Gasteiger partial charge >= 0.3 is 0 Å². The number of phenolic OH excluding ortho intramolecular Hbond substituents is 1. The molecule has 34 heavy (non-hydrogen) atoms. The van der Waals surface area contributed by atoms with Gasteiger partial charge in [-0.05, 0) is 61.5 Å². The van der Waals surface area contributed by atoms with Crippen LogP contribution in [-0.4, -0.2) is 21.0 Å². The molecular weight excluding hydrogens is 424 g/mol. The van der Waals surface area contributed by atoms with Crippen LogP contribution in [0.15, 0.2) is 97.1 Å². The van der Waals surface area contributed by atoms with Crippen LogP contribution in [0.25, 0.3) is 22.2 Å². The second-order valence-corrected chi connectivity index (χ2v) is 7.99. The van der Waals surface area contributed by atoms with Crippen LogP contribution in [-0.2, 0) is 0 Å². The standard InChI is InChI=1S/C28H22N4O2/c1-18-10-15-25-24(16-18)26(19-6-3-2-4-7-19)32-28(31-25)30-22-9-5-8-20(17-22)27(34)29-21-11-13-23(33)14-12-21/h2-17,33H,1H3,(H,29,34)(H,30,31,32). The average Bonchev–Trinajstić information content (AvgIpc) is 2.86. The molecule has 166 valence electrons. The van der Waals surface area contributed by atoms with Crippen LogP contribution in [0.4, 0.5) is 17.3 Å². The van der Waals surface area contributed by atoms with Crippen LogP contribution in [0, 0.1) is 6.92 Å². The number of nitrogens with zero attached hydrogens (tertiary/aromatic N) is 2. The van der Waals surface area contributed by atoms with E-state index in [0.29, 0.717) is 22.9 Å². The van der Waals surface area contributed by atoms with E-state index in [1.165, 1.54) is 12.1 Å². The van der Waals surface area contributed by atoms with E-state index in [9.17, 15) is 9.90 Å². The fraction of sp³-hybridized carbons (Fsp3) is 0.0357. The molecule has 0 saturated carbocycles. The first-order valence-corrected chi connectivity index (χ1v) is 10.9. The molecule has 0 unspecified atom stereocenters. The number of rotatable bonds is 5. The first-order valence-electron chi connectivity index (χ1n) is 10.9. The van der Waals surface area contributed by atoms with Gasteiger partial charge in [0.05, 0.1) is 11.2 Å². The summed E-state index contributed by atoms with van der Waals surface area (Å²) in [6.45, 7) is 2.05. The lowest BCUT2D eigenvalue weighted by molar-refractivity contribution is 0.102. The molecule has 6 heteroatoms. The molecule has 1 aromatic heterocycles. The lowest BCUT2D eigenvalue weighted by Crippen LogP contribution is -2.12. The number of aryl methyl sites for hydroxylation is 1. The van der Waals surface area contributed by atoms with Crippen LogP contribution < -0.4 is 10.6 Å². The number of hydrogen-bond donors (Lipinski definition) is 3. The Morgan fingerprint density at radius 1 is 0.794 bits per heavy atom. The summed E-state index contributed by atoms with van der Waals surface area (Å²) >= 11 is 0. The van der Waals surface area contributed by atoms with Gasteiger partial charge in [-0.15, -0.1) is 0 Å². The molecule has 1 heterocycles. The van der Waals surface area contributed by atoms with Crippen molar-refractivity contribution in [2.24, 2.45) is 0 Å². The molecule has 0 saturated heterocycles. The number of benzene rings is 4. The fourth-order valence-corrected chi connectivity index (χ4v) is 3.73. The maximum atomic E-state index is 12.7. The first kappa shape index (κ1) is 21.2. The van der Waals surface area contributed by atoms with Gasteiger partial charge in [-0.3, -0.25) is 4.79 Å². The highest BCUT2D eigenvalue weighted by Gasteiger charge is 2.12. The third kappa shape index (κ3) is 4.56. The predicted molar refractivity (Wildman–Crippen MR) is 135 cm³/mol. The molecule has 0 bridgehead atoms. The lowest BCUT2D eigenvalue weighted by Gasteiger charge is -2.12. The maximum Gasteiger partial charge on any atom is 0.255 e. The number of nitrogens with one attached hydrogen (secondary N) is 2. The zero-order chi connectivity index (χ0) is 23.5. The van der Waals surface area contributed by atoms with Crippen molar-refractivity contribution in [1.29, 1.82) is 0 Å². The summed E-state index contributed by atoms with van der Waals surface area (Å²) in [7, 11) is 0. The van der Waals surface area contributed by atoms with Gasteiger partial charge in [-0.1, -0.05) is 48.0 Å². The minimum Gasteiger partial charge on any atom is -0.508 e. The van der Waals surface area contributed by atoms with Crippen LogP contribution in [0.5, 0.6) is 5.75 Å². The predicted octanol–water partition coefficient (Wildman–Crippen LogP) is 6.31. The summed E-state index contributed by atoms with van der Waals surface area (Å²) in [5.74, 6) is 0.338. The number of phenols is 1. The van der Waals surface area contributed by atoms with Gasteiger partial charge < -0.3 is 15.7 Å². The molecule has 0 atom stereocenters. The summed E-state index contributed by atoms with van der Waals surface area (Å²) in [5, 5.41) is 16.5. The maximum absolute atomic E-state index is 12.7. The summed E-state index contributed by atoms with van der Waals surface area (Å²) in [5.41, 5.74) is 5.61. The van der Waals surface area contributed by atoms with E-state index in [-0.39, 0.29) is 11.7 Å². The topological polar surface area (TPSA) is 87.1 Å². The summed E-state index contributed by atoms with van der Waals surface area (Å²) in [6, 6.07) is 29.6. The van der Waals surface area contributed by atoms with Gasteiger partial charge in [0.2, 0.25) is 5.95 Å². The Bertz CT molecular complexity index is 1480. The van der Waals surface area contributed by atoms with Crippen molar-refractivity contribution in [2.75, 3.05) is 10.6 Å². The molecule has 6 nitrogen and oxygen atoms in total. The van der Waals surface area contributed by atoms with Gasteiger partial charge in [0.25, 0.3) is 5.91 Å². The van der Waals surface area contributed by atoms with Crippen molar-refractivity contribution >= 4 is 34.1 Å². The fourth-order valence-electron chi connectivity index (χ4n) is 3.73. The Morgan fingerprint density at radius 3 is 2.38 bits per heavy atom. The molecule has 0 spiro atoms. The third-order valence-electron chi connectivity index (χ3n) is 5.40. The second-order valence-electron chi connectivity index (χ2n) is 7.99. The van der Waals surface area contributed by atoms with E-state index >= 15 is 0 Å². The highest BCUT2D eigenvalue weighted by Crippen LogP contribution is 2.29. The number of aromatic nitrogens is 2. The quantitative estimate of drug-likeness (QED) is 0.276. The highest BCUT2D eigenvalue weighted by molar-refractivity contribution is 6.05. The Labute approximate surface area is 197 Å². The largest absolute Gasteiger partial charge is 0.508 e. The number of carbonyl (C=O) groups excluding carboxylic acids is 1. The molecule has 1 amide bonds. The minimum absolute atomic E-state index is 0.143. The van der Waals surface area contributed by atoms with Crippen LogP contribution in [0.2, 0.25) is 0 Å². The molecule has 4 aromatic carbocycles. The number of fused-ring (bicyclic) bond motifs is 1. The highest BCUT2D eigenvalue weighted by atomic mass is 16.3. The zero-order valence-electron chi connectivity index (χ0n) is 18.5. The van der Waals surface area contributed by atoms with Crippen LogP contribution in [0.1, 0.15) is 15.9 Å². The first-order chi connectivity index (χ1) is 16.5. The van der Waals surface area contributed by atoms with E-state index in [0.717, 1.165) is 27.7 Å². The molecule has 5 rings (SSSR count). The van der Waals surface area contributed by atoms with E-state index in [1.54, 1.807) is 30.3 Å². The smallest absolute Gasteiger partial charge is 0.255 e. The molecule has 0 fully saturated rings. The zero-order valence-corrected chi connectivity index (χ0v) is 18.5. The summed E-state index contributed by atoms with van der Waals surface area (Å²) < 4.78 is 0. The van der Waals surface area contributed by atoms with E-state index in [4.69, 9.17) is 9.97 Å². The summed E-state index contributed by atoms with van der Waals surface area (Å²) in [6.07, 6.45) is 0. The minimum atomic E-state index is -0.255. The summed E-state index contributed by atoms with van der Waals surface area (Å²) in [4.78, 5) is 22.2. The molecule has 0 aliphatic carbocycles. The van der Waals surface area contributed by atoms with Crippen molar-refractivity contribution in [3.8, 4) is 17.0 Å². The van der Waals surface area contributed by atoms with Crippen molar-refractivity contribution in [3.63, 3.8) is 0 Å². The second kappa shape index (κ2) is 9.03. The van der Waals surface area contributed by atoms with Crippen molar-refractivity contribution < 1.29 is 9.90 Å². The van der Waals surface area contributed by atoms with Gasteiger partial charge in [0.1, 0.15) is 5.75 Å². The van der Waals surface area contributed by atoms with Gasteiger partial charge in [0, 0.05) is 27.9 Å². The van der Waals surface area contributed by atoms with E-state index < -0.39 is 0 Å². The molecule has 0 radical (unpaired) electrons. The van der Waals surface area contributed by atoms with Gasteiger partial charge in [-0.25, -0.2) is 9.97 Å². The number of hydrogen-bond acceptors (Lipinski definition) is 5. The van der Waals surface area contributed by atoms with Crippen LogP contribution in [0.3, 0.4) is 0 Å². The van der Waals surface area contributed by atoms with Crippen molar-refractivity contribution in [3.05, 3.63) is 108 Å². The van der Waals surface area contributed by atoms with E-state index in [1.807, 2.05) is 48.5 Å². The molecule has 3 N–H and O–H groups in total. The SMILES string of the molecule is Cc1ccc2nc(Nc3cccc(C(=O)Nc4ccc(O)cc4)c3)nc(-c3ccccc3)c2c1. The van der Waals surface area contributed by atoms with Crippen molar-refractivity contribution in [1.82, 2.24) is 9.97 Å². The normalized spacial score (nSPS) is 10.7. The van der Waals surface area contributed by atoms with E-state index in [2.05, 4.69) is 23.6 Å². The average molecular weight is 447 g/mol. The molecule has 0 aliphatic heterocycles. The number of aromatic hydroxyl groups is 1. The number of carbonyl (C=O) groups is 1. The number of amides is 1. The molecule has 0 aliphatic rings. The van der Waals surface area contributed by atoms with Crippen molar-refractivity contribution in [2.45, 2.75) is 6.92 Å². The Morgan fingerprint density at radius 2 is 1.59 bits per heavy atom.